The highest BCUT2D eigenvalue weighted by Crippen LogP contribution is 2.31. The molecule has 0 aliphatic rings. The molecule has 3 N–H and O–H groups in total. The van der Waals surface area contributed by atoms with E-state index in [1.165, 1.54) is 0 Å². The van der Waals surface area contributed by atoms with Gasteiger partial charge in [-0.15, -0.1) is 0 Å². The first kappa shape index (κ1) is 11.2. The van der Waals surface area contributed by atoms with Crippen molar-refractivity contribution in [2.75, 3.05) is 0 Å². The third-order valence-electron chi connectivity index (χ3n) is 2.33. The van der Waals surface area contributed by atoms with Gasteiger partial charge in [0.05, 0.1) is 6.20 Å². The summed E-state index contributed by atoms with van der Waals surface area (Å²) in [7, 11) is 0. The topological polar surface area (TPSA) is 63.9 Å². The van der Waals surface area contributed by atoms with Crippen LogP contribution >= 0.6 is 0 Å². The van der Waals surface area contributed by atoms with Crippen LogP contribution in [0, 0.1) is 0 Å². The second kappa shape index (κ2) is 3.37. The van der Waals surface area contributed by atoms with Crippen molar-refractivity contribution in [2.45, 2.75) is 45.6 Å². The zero-order chi connectivity index (χ0) is 11.0. The maximum Gasteiger partial charge on any atom is 0.112 e. The van der Waals surface area contributed by atoms with Gasteiger partial charge < -0.3 is 0 Å². The van der Waals surface area contributed by atoms with Crippen LogP contribution in [0.15, 0.2) is 6.20 Å². The summed E-state index contributed by atoms with van der Waals surface area (Å²) in [6.45, 7) is 10.2. The Morgan fingerprint density at radius 3 is 2.29 bits per heavy atom. The van der Waals surface area contributed by atoms with E-state index >= 15 is 0 Å². The van der Waals surface area contributed by atoms with Crippen LogP contribution in [-0.2, 0) is 15.9 Å². The van der Waals surface area contributed by atoms with Gasteiger partial charge in [-0.3, -0.25) is 9.94 Å². The molecular weight excluding hydrogens is 178 g/mol. The molecule has 0 aromatic carbocycles. The highest BCUT2D eigenvalue weighted by atomic mass is 16.6. The molecule has 0 bridgehead atoms. The van der Waals surface area contributed by atoms with Gasteiger partial charge in [0.2, 0.25) is 0 Å². The van der Waals surface area contributed by atoms with Gasteiger partial charge >= 0.3 is 0 Å². The average Bonchev–Trinajstić information content (AvgIpc) is 2.51. The fourth-order valence-corrected chi connectivity index (χ4v) is 1.38. The van der Waals surface area contributed by atoms with Gasteiger partial charge in [0.25, 0.3) is 0 Å². The molecule has 0 spiro atoms. The van der Waals surface area contributed by atoms with Crippen LogP contribution in [0.4, 0.5) is 0 Å². The summed E-state index contributed by atoms with van der Waals surface area (Å²) in [4.78, 5) is 4.96. The Labute approximate surface area is 84.8 Å². The Balaban J connectivity index is 3.18. The first-order valence-electron chi connectivity index (χ1n) is 4.71. The predicted octanol–water partition coefficient (Wildman–Crippen LogP) is 1.83. The van der Waals surface area contributed by atoms with Crippen LogP contribution in [-0.4, -0.2) is 10.2 Å². The maximum absolute atomic E-state index is 5.27. The molecule has 0 saturated carbocycles. The number of H-pyrrole nitrogens is 1. The molecule has 4 heteroatoms. The van der Waals surface area contributed by atoms with Crippen LogP contribution in [0.3, 0.4) is 0 Å². The first-order chi connectivity index (χ1) is 6.29. The monoisotopic (exact) mass is 197 g/mol. The van der Waals surface area contributed by atoms with E-state index in [-0.39, 0.29) is 5.41 Å². The van der Waals surface area contributed by atoms with E-state index in [0.29, 0.717) is 0 Å². The number of rotatable bonds is 2. The van der Waals surface area contributed by atoms with Gasteiger partial charge in [0, 0.05) is 16.7 Å². The maximum atomic E-state index is 5.27. The summed E-state index contributed by atoms with van der Waals surface area (Å²) in [6.07, 6.45) is 1.77. The number of hydrogen-bond donors (Lipinski definition) is 2. The zero-order valence-corrected chi connectivity index (χ0v) is 9.51. The van der Waals surface area contributed by atoms with E-state index in [9.17, 15) is 0 Å². The number of hydrogen-bond acceptors (Lipinski definition) is 3. The van der Waals surface area contributed by atoms with Crippen molar-refractivity contribution in [3.8, 4) is 0 Å². The number of nitrogens with one attached hydrogen (secondary N) is 1. The van der Waals surface area contributed by atoms with Gasteiger partial charge in [-0.2, -0.15) is 5.10 Å². The minimum Gasteiger partial charge on any atom is -0.294 e. The quantitative estimate of drug-likeness (QED) is 0.711. The van der Waals surface area contributed by atoms with E-state index in [1.54, 1.807) is 6.20 Å². The van der Waals surface area contributed by atoms with Crippen LogP contribution in [0.1, 0.15) is 45.9 Å². The Morgan fingerprint density at radius 1 is 1.29 bits per heavy atom. The van der Waals surface area contributed by atoms with E-state index < -0.39 is 5.60 Å². The first-order valence-corrected chi connectivity index (χ1v) is 4.71. The van der Waals surface area contributed by atoms with Crippen molar-refractivity contribution in [3.05, 3.63) is 17.5 Å². The number of nitrogens with two attached hydrogens (primary N) is 1. The average molecular weight is 197 g/mol. The van der Waals surface area contributed by atoms with E-state index in [2.05, 4.69) is 31.0 Å². The third-order valence-corrected chi connectivity index (χ3v) is 2.33. The van der Waals surface area contributed by atoms with Crippen LogP contribution in [0.2, 0.25) is 0 Å². The number of nitrogens with zero attached hydrogens (tertiary/aromatic N) is 1. The van der Waals surface area contributed by atoms with Crippen molar-refractivity contribution < 1.29 is 4.84 Å². The van der Waals surface area contributed by atoms with Crippen molar-refractivity contribution >= 4 is 0 Å². The van der Waals surface area contributed by atoms with Gasteiger partial charge in [-0.25, -0.2) is 5.90 Å². The highest BCUT2D eigenvalue weighted by molar-refractivity contribution is 5.28. The Hall–Kier alpha value is -0.870. The molecule has 0 unspecified atom stereocenters. The predicted molar refractivity (Wildman–Crippen MR) is 55.6 cm³/mol. The SMILES string of the molecule is CC(C)(C)c1[nH]ncc1C(C)(C)ON. The normalized spacial score (nSPS) is 13.3. The van der Waals surface area contributed by atoms with E-state index in [1.807, 2.05) is 13.8 Å². The second-order valence-corrected chi connectivity index (χ2v) is 5.04. The number of aromatic nitrogens is 2. The van der Waals surface area contributed by atoms with Crippen molar-refractivity contribution in [2.24, 2.45) is 5.90 Å². The Morgan fingerprint density at radius 2 is 1.86 bits per heavy atom. The van der Waals surface area contributed by atoms with E-state index in [4.69, 9.17) is 10.7 Å². The summed E-state index contributed by atoms with van der Waals surface area (Å²) in [5, 5.41) is 7.04. The molecule has 1 aromatic heterocycles. The van der Waals surface area contributed by atoms with Gasteiger partial charge in [-0.05, 0) is 13.8 Å². The smallest absolute Gasteiger partial charge is 0.112 e. The van der Waals surface area contributed by atoms with Crippen molar-refractivity contribution in [1.82, 2.24) is 10.2 Å². The highest BCUT2D eigenvalue weighted by Gasteiger charge is 2.30. The molecule has 0 fully saturated rings. The van der Waals surface area contributed by atoms with Crippen LogP contribution in [0.5, 0.6) is 0 Å². The standard InChI is InChI=1S/C10H19N3O/c1-9(2,3)8-7(6-12-13-8)10(4,5)14-11/h6H,11H2,1-5H3,(H,12,13). The van der Waals surface area contributed by atoms with Crippen LogP contribution < -0.4 is 5.90 Å². The molecule has 0 aliphatic carbocycles. The molecule has 0 saturated heterocycles. The molecule has 14 heavy (non-hydrogen) atoms. The second-order valence-electron chi connectivity index (χ2n) is 5.04. The summed E-state index contributed by atoms with van der Waals surface area (Å²) in [5.74, 6) is 5.27. The van der Waals surface area contributed by atoms with Gasteiger partial charge in [0.15, 0.2) is 0 Å². The molecule has 4 nitrogen and oxygen atoms in total. The Bertz CT molecular complexity index is 309. The summed E-state index contributed by atoms with van der Waals surface area (Å²) in [6, 6.07) is 0. The lowest BCUT2D eigenvalue weighted by atomic mass is 9.85. The Kier molecular flexibility index (Phi) is 2.69. The third kappa shape index (κ3) is 1.96. The summed E-state index contributed by atoms with van der Waals surface area (Å²) < 4.78 is 0. The van der Waals surface area contributed by atoms with E-state index in [0.717, 1.165) is 11.3 Å². The van der Waals surface area contributed by atoms with Gasteiger partial charge in [-0.1, -0.05) is 20.8 Å². The largest absolute Gasteiger partial charge is 0.294 e. The molecule has 1 aromatic rings. The molecule has 1 rings (SSSR count). The fraction of sp³-hybridized carbons (Fsp3) is 0.700. The fourth-order valence-electron chi connectivity index (χ4n) is 1.38. The minimum atomic E-state index is -0.504. The van der Waals surface area contributed by atoms with Crippen molar-refractivity contribution in [1.29, 1.82) is 0 Å². The molecule has 1 heterocycles. The van der Waals surface area contributed by atoms with Crippen molar-refractivity contribution in [3.63, 3.8) is 0 Å². The molecule has 80 valence electrons. The lowest BCUT2D eigenvalue weighted by Crippen LogP contribution is -2.28. The minimum absolute atomic E-state index is 0.0155. The molecule has 0 amide bonds. The summed E-state index contributed by atoms with van der Waals surface area (Å²) in [5.41, 5.74) is 1.58. The molecule has 0 aliphatic heterocycles. The lowest BCUT2D eigenvalue weighted by molar-refractivity contribution is -0.0247. The molecule has 0 atom stereocenters. The lowest BCUT2D eigenvalue weighted by Gasteiger charge is -2.26. The molecule has 0 radical (unpaired) electrons. The molecular formula is C10H19N3O. The zero-order valence-electron chi connectivity index (χ0n) is 9.51. The number of aromatic amines is 1. The van der Waals surface area contributed by atoms with Gasteiger partial charge in [0.1, 0.15) is 5.60 Å². The summed E-state index contributed by atoms with van der Waals surface area (Å²) >= 11 is 0. The van der Waals surface area contributed by atoms with Crippen LogP contribution in [0.25, 0.3) is 0 Å².